The lowest BCUT2D eigenvalue weighted by Crippen LogP contribution is -1.95. The van der Waals surface area contributed by atoms with E-state index in [1.807, 2.05) is 48.5 Å². The van der Waals surface area contributed by atoms with E-state index in [4.69, 9.17) is 5.73 Å². The van der Waals surface area contributed by atoms with Gasteiger partial charge in [-0.2, -0.15) is 0 Å². The van der Waals surface area contributed by atoms with Crippen molar-refractivity contribution in [3.8, 4) is 22.3 Å². The summed E-state index contributed by atoms with van der Waals surface area (Å²) < 4.78 is 30.1. The number of fused-ring (bicyclic) bond motifs is 1. The van der Waals surface area contributed by atoms with Crippen LogP contribution in [-0.4, -0.2) is 0 Å². The second-order valence-electron chi connectivity index (χ2n) is 7.41. The summed E-state index contributed by atoms with van der Waals surface area (Å²) in [5.41, 5.74) is 9.91. The second-order valence-corrected chi connectivity index (χ2v) is 7.41. The number of hydrogen-bond acceptors (Lipinski definition) is 1. The van der Waals surface area contributed by atoms with E-state index in [1.54, 1.807) is 24.3 Å². The first-order valence-corrected chi connectivity index (χ1v) is 10.0. The van der Waals surface area contributed by atoms with E-state index < -0.39 is 0 Å². The van der Waals surface area contributed by atoms with E-state index in [2.05, 4.69) is 6.58 Å². The van der Waals surface area contributed by atoms with Gasteiger partial charge in [0.25, 0.3) is 0 Å². The van der Waals surface area contributed by atoms with Gasteiger partial charge >= 0.3 is 0 Å². The summed E-state index contributed by atoms with van der Waals surface area (Å²) in [7, 11) is 0. The molecule has 0 radical (unpaired) electrons. The van der Waals surface area contributed by atoms with Crippen molar-refractivity contribution in [3.05, 3.63) is 108 Å². The zero-order chi connectivity index (χ0) is 21.1. The van der Waals surface area contributed by atoms with Gasteiger partial charge in [-0.05, 0) is 46.5 Å². The van der Waals surface area contributed by atoms with Crippen molar-refractivity contribution in [2.75, 3.05) is 0 Å². The fraction of sp³-hybridized carbons (Fsp3) is 0.111. The summed E-state index contributed by atoms with van der Waals surface area (Å²) in [5, 5.41) is 1.38. The first-order valence-electron chi connectivity index (χ1n) is 10.0. The van der Waals surface area contributed by atoms with Crippen LogP contribution in [0.2, 0.25) is 0 Å². The van der Waals surface area contributed by atoms with Crippen molar-refractivity contribution in [2.45, 2.75) is 19.4 Å². The molecule has 0 bridgehead atoms. The molecule has 1 nitrogen and oxygen atoms in total. The molecule has 4 aromatic rings. The van der Waals surface area contributed by atoms with Crippen molar-refractivity contribution < 1.29 is 8.78 Å². The van der Waals surface area contributed by atoms with Crippen molar-refractivity contribution in [2.24, 2.45) is 5.73 Å². The maximum atomic E-state index is 15.2. The molecule has 0 aliphatic heterocycles. The van der Waals surface area contributed by atoms with Crippen LogP contribution in [0.15, 0.2) is 85.5 Å². The van der Waals surface area contributed by atoms with Gasteiger partial charge in [-0.25, -0.2) is 8.78 Å². The molecule has 0 atom stereocenters. The molecule has 0 spiro atoms. The van der Waals surface area contributed by atoms with Gasteiger partial charge in [0, 0.05) is 23.1 Å². The summed E-state index contributed by atoms with van der Waals surface area (Å²) in [6.07, 6.45) is 3.63. The first-order chi connectivity index (χ1) is 14.6. The highest BCUT2D eigenvalue weighted by atomic mass is 19.1. The number of allylic oxidation sites excluding steroid dienone is 1. The van der Waals surface area contributed by atoms with Crippen LogP contribution in [0.3, 0.4) is 0 Å². The van der Waals surface area contributed by atoms with E-state index in [0.717, 1.165) is 34.9 Å². The van der Waals surface area contributed by atoms with Gasteiger partial charge in [0.1, 0.15) is 11.6 Å². The maximum absolute atomic E-state index is 15.2. The molecule has 0 saturated heterocycles. The van der Waals surface area contributed by atoms with Crippen LogP contribution in [0.4, 0.5) is 8.78 Å². The third-order valence-corrected chi connectivity index (χ3v) is 5.44. The van der Waals surface area contributed by atoms with E-state index in [9.17, 15) is 4.39 Å². The molecule has 2 N–H and O–H groups in total. The summed E-state index contributed by atoms with van der Waals surface area (Å²) in [5.74, 6) is -0.713. The van der Waals surface area contributed by atoms with Gasteiger partial charge in [-0.1, -0.05) is 72.8 Å². The lowest BCUT2D eigenvalue weighted by atomic mass is 9.96. The second kappa shape index (κ2) is 8.60. The highest BCUT2D eigenvalue weighted by Gasteiger charge is 2.13. The van der Waals surface area contributed by atoms with Crippen LogP contribution in [0.1, 0.15) is 17.5 Å². The Morgan fingerprint density at radius 3 is 2.17 bits per heavy atom. The fourth-order valence-corrected chi connectivity index (χ4v) is 3.73. The smallest absolute Gasteiger partial charge is 0.138 e. The van der Waals surface area contributed by atoms with E-state index >= 15 is 4.39 Å². The number of benzene rings is 4. The molecule has 4 aromatic carbocycles. The highest BCUT2D eigenvalue weighted by Crippen LogP contribution is 2.33. The van der Waals surface area contributed by atoms with Gasteiger partial charge in [-0.15, -0.1) is 6.58 Å². The molecule has 30 heavy (non-hydrogen) atoms. The predicted octanol–water partition coefficient (Wildman–Crippen LogP) is 7.03. The van der Waals surface area contributed by atoms with Crippen LogP contribution in [-0.2, 0) is 13.0 Å². The Bertz CT molecular complexity index is 1210. The minimum Gasteiger partial charge on any atom is -0.326 e. The maximum Gasteiger partial charge on any atom is 0.138 e. The molecular weight excluding hydrogens is 376 g/mol. The van der Waals surface area contributed by atoms with Gasteiger partial charge in [0.15, 0.2) is 0 Å². The Hall–Kier alpha value is -3.30. The third kappa shape index (κ3) is 3.89. The summed E-state index contributed by atoms with van der Waals surface area (Å²) >= 11 is 0. The fourth-order valence-electron chi connectivity index (χ4n) is 3.73. The number of hydrogen-bond donors (Lipinski definition) is 1. The van der Waals surface area contributed by atoms with Gasteiger partial charge < -0.3 is 5.73 Å². The molecule has 150 valence electrons. The molecular formula is C27H23F2N. The third-order valence-electron chi connectivity index (χ3n) is 5.44. The monoisotopic (exact) mass is 399 g/mol. The Kier molecular flexibility index (Phi) is 5.73. The minimum atomic E-state index is -0.382. The van der Waals surface area contributed by atoms with Crippen LogP contribution in [0, 0.1) is 11.6 Å². The minimum absolute atomic E-state index is 0.331. The Balaban J connectivity index is 1.70. The lowest BCUT2D eigenvalue weighted by Gasteiger charge is -2.11. The SMILES string of the molecule is C=CCCc1ccc2c(F)c(-c3ccc(-c4ccc(CN)cc4)c(F)c3)ccc2c1. The Morgan fingerprint density at radius 1 is 0.767 bits per heavy atom. The van der Waals surface area contributed by atoms with Crippen molar-refractivity contribution in [3.63, 3.8) is 0 Å². The van der Waals surface area contributed by atoms with Crippen LogP contribution >= 0.6 is 0 Å². The molecule has 0 aliphatic carbocycles. The van der Waals surface area contributed by atoms with Crippen molar-refractivity contribution in [1.29, 1.82) is 0 Å². The molecule has 0 heterocycles. The zero-order valence-corrected chi connectivity index (χ0v) is 16.7. The summed E-state index contributed by atoms with van der Waals surface area (Å²) in [6, 6.07) is 21.7. The first kappa shape index (κ1) is 20.0. The van der Waals surface area contributed by atoms with Gasteiger partial charge in [-0.3, -0.25) is 0 Å². The molecule has 4 rings (SSSR count). The predicted molar refractivity (Wildman–Crippen MR) is 121 cm³/mol. The van der Waals surface area contributed by atoms with E-state index in [-0.39, 0.29) is 11.6 Å². The number of halogens is 2. The number of nitrogens with two attached hydrogens (primary N) is 1. The van der Waals surface area contributed by atoms with Crippen LogP contribution in [0.5, 0.6) is 0 Å². The van der Waals surface area contributed by atoms with E-state index in [0.29, 0.717) is 28.6 Å². The van der Waals surface area contributed by atoms with Crippen LogP contribution in [0.25, 0.3) is 33.0 Å². The molecule has 3 heteroatoms. The average Bonchev–Trinajstić information content (AvgIpc) is 2.78. The quantitative estimate of drug-likeness (QED) is 0.346. The average molecular weight is 399 g/mol. The zero-order valence-electron chi connectivity index (χ0n) is 16.7. The molecule has 0 unspecified atom stereocenters. The van der Waals surface area contributed by atoms with Gasteiger partial charge in [0.05, 0.1) is 0 Å². The normalized spacial score (nSPS) is 11.0. The summed E-state index contributed by atoms with van der Waals surface area (Å²) in [4.78, 5) is 0. The molecule has 0 amide bonds. The van der Waals surface area contributed by atoms with E-state index in [1.165, 1.54) is 6.07 Å². The topological polar surface area (TPSA) is 26.0 Å². The lowest BCUT2D eigenvalue weighted by molar-refractivity contribution is 0.630. The standard InChI is InChI=1S/C27H23F2N/c1-2-3-4-18-7-12-24-21(15-18)11-14-25(27(24)29)22-10-13-23(26(28)16-22)20-8-5-19(17-30)6-9-20/h2,5-16H,1,3-4,17,30H2. The summed E-state index contributed by atoms with van der Waals surface area (Å²) in [6.45, 7) is 4.19. The Morgan fingerprint density at radius 2 is 1.47 bits per heavy atom. The van der Waals surface area contributed by atoms with Crippen molar-refractivity contribution in [1.82, 2.24) is 0 Å². The van der Waals surface area contributed by atoms with Crippen molar-refractivity contribution >= 4 is 10.8 Å². The molecule has 0 fully saturated rings. The number of aryl methyl sites for hydroxylation is 1. The largest absolute Gasteiger partial charge is 0.326 e. The number of rotatable bonds is 6. The molecule has 0 aliphatic rings. The van der Waals surface area contributed by atoms with Gasteiger partial charge in [0.2, 0.25) is 0 Å². The van der Waals surface area contributed by atoms with Crippen LogP contribution < -0.4 is 5.73 Å². The Labute approximate surface area is 175 Å². The molecule has 0 saturated carbocycles. The highest BCUT2D eigenvalue weighted by molar-refractivity contribution is 5.89. The molecule has 0 aromatic heterocycles.